The van der Waals surface area contributed by atoms with Crippen LogP contribution in [0.25, 0.3) is 6.08 Å². The summed E-state index contributed by atoms with van der Waals surface area (Å²) in [4.78, 5) is 26.4. The lowest BCUT2D eigenvalue weighted by Gasteiger charge is -2.13. The largest absolute Gasteiger partial charge is 0.503 e. The minimum atomic E-state index is -0.386. The molecule has 1 N–H and O–H groups in total. The summed E-state index contributed by atoms with van der Waals surface area (Å²) >= 11 is 7.52. The third kappa shape index (κ3) is 4.79. The van der Waals surface area contributed by atoms with Crippen LogP contribution in [0.4, 0.5) is 4.79 Å². The Kier molecular flexibility index (Phi) is 6.92. The molecule has 2 aromatic rings. The Labute approximate surface area is 189 Å². The van der Waals surface area contributed by atoms with E-state index in [1.54, 1.807) is 12.1 Å². The van der Waals surface area contributed by atoms with E-state index in [-0.39, 0.29) is 40.7 Å². The second-order valence-electron chi connectivity index (χ2n) is 6.14. The van der Waals surface area contributed by atoms with Crippen LogP contribution in [0.3, 0.4) is 0 Å². The molecule has 0 unspecified atom stereocenters. The number of ether oxygens (including phenoxy) is 2. The lowest BCUT2D eigenvalue weighted by Crippen LogP contribution is -2.32. The van der Waals surface area contributed by atoms with Crippen LogP contribution in [0.5, 0.6) is 17.2 Å². The van der Waals surface area contributed by atoms with Gasteiger partial charge in [-0.2, -0.15) is 0 Å². The van der Waals surface area contributed by atoms with Crippen molar-refractivity contribution in [3.8, 4) is 17.2 Å². The van der Waals surface area contributed by atoms with E-state index in [1.165, 1.54) is 7.11 Å². The van der Waals surface area contributed by atoms with E-state index in [0.717, 1.165) is 22.2 Å². The molecule has 9 heteroatoms. The smallest absolute Gasteiger partial charge is 0.293 e. The van der Waals surface area contributed by atoms with Gasteiger partial charge in [-0.3, -0.25) is 14.5 Å². The number of hydrogen-bond donors (Lipinski definition) is 1. The van der Waals surface area contributed by atoms with Crippen molar-refractivity contribution >= 4 is 60.8 Å². The van der Waals surface area contributed by atoms with E-state index in [0.29, 0.717) is 20.3 Å². The number of nitrogens with zero attached hydrogens (tertiary/aromatic N) is 1. The fourth-order valence-electron chi connectivity index (χ4n) is 2.67. The van der Waals surface area contributed by atoms with E-state index in [9.17, 15) is 14.7 Å². The second-order valence-corrected chi connectivity index (χ2v) is 8.72. The van der Waals surface area contributed by atoms with Crippen molar-refractivity contribution < 1.29 is 24.2 Å². The molecule has 152 valence electrons. The predicted molar refractivity (Wildman–Crippen MR) is 119 cm³/mol. The van der Waals surface area contributed by atoms with Gasteiger partial charge in [0.2, 0.25) is 0 Å². The number of halogens is 2. The number of rotatable bonds is 6. The van der Waals surface area contributed by atoms with Crippen LogP contribution >= 0.6 is 43.6 Å². The molecule has 0 saturated carbocycles. The fraction of sp³-hybridized carbons (Fsp3) is 0.200. The first-order valence-corrected chi connectivity index (χ1v) is 10.9. The van der Waals surface area contributed by atoms with Crippen molar-refractivity contribution in [1.29, 1.82) is 0 Å². The SMILES string of the molecule is COc1cc(/C=C2\SC(=O)N(CCOc3cccc(C)c3)C2=O)c(Br)c(Br)c1O. The summed E-state index contributed by atoms with van der Waals surface area (Å²) in [5, 5.41) is 9.69. The van der Waals surface area contributed by atoms with Crippen molar-refractivity contribution in [3.63, 3.8) is 0 Å². The van der Waals surface area contributed by atoms with Crippen LogP contribution in [-0.2, 0) is 4.79 Å². The molecule has 1 fully saturated rings. The number of phenolic OH excluding ortho intramolecular Hbond substituents is 1. The molecule has 29 heavy (non-hydrogen) atoms. The van der Waals surface area contributed by atoms with E-state index in [4.69, 9.17) is 9.47 Å². The van der Waals surface area contributed by atoms with Gasteiger partial charge in [0.25, 0.3) is 11.1 Å². The number of carbonyl (C=O) groups is 2. The fourth-order valence-corrected chi connectivity index (χ4v) is 4.36. The second kappa shape index (κ2) is 9.23. The number of aromatic hydroxyl groups is 1. The molecule has 1 aliphatic heterocycles. The Morgan fingerprint density at radius 3 is 2.66 bits per heavy atom. The van der Waals surface area contributed by atoms with Gasteiger partial charge in [-0.25, -0.2) is 0 Å². The average molecular weight is 543 g/mol. The first-order valence-electron chi connectivity index (χ1n) is 8.51. The number of phenols is 1. The van der Waals surface area contributed by atoms with Crippen molar-refractivity contribution in [2.75, 3.05) is 20.3 Å². The van der Waals surface area contributed by atoms with Crippen molar-refractivity contribution in [1.82, 2.24) is 4.90 Å². The maximum Gasteiger partial charge on any atom is 0.293 e. The van der Waals surface area contributed by atoms with Crippen LogP contribution in [0.2, 0.25) is 0 Å². The number of aryl methyl sites for hydroxylation is 1. The normalized spacial score (nSPS) is 15.3. The third-order valence-electron chi connectivity index (χ3n) is 4.13. The first-order chi connectivity index (χ1) is 13.8. The van der Waals surface area contributed by atoms with Gasteiger partial charge in [-0.15, -0.1) is 0 Å². The van der Waals surface area contributed by atoms with E-state index in [1.807, 2.05) is 31.2 Å². The van der Waals surface area contributed by atoms with Crippen molar-refractivity contribution in [3.05, 3.63) is 55.3 Å². The van der Waals surface area contributed by atoms with Crippen molar-refractivity contribution in [2.45, 2.75) is 6.92 Å². The standard InChI is InChI=1S/C20H17Br2NO5S/c1-11-4-3-5-13(8-11)28-7-6-23-19(25)15(29-20(23)26)10-12-9-14(27-2)18(24)17(22)16(12)21/h3-5,8-10,24H,6-7H2,1-2H3/b15-10-. The van der Waals surface area contributed by atoms with Crippen LogP contribution in [0, 0.1) is 6.92 Å². The highest BCUT2D eigenvalue weighted by atomic mass is 79.9. The maximum absolute atomic E-state index is 12.7. The Morgan fingerprint density at radius 1 is 1.21 bits per heavy atom. The summed E-state index contributed by atoms with van der Waals surface area (Å²) in [6.07, 6.45) is 1.59. The molecule has 0 radical (unpaired) electrons. The third-order valence-corrected chi connectivity index (χ3v) is 7.19. The number of hydrogen-bond acceptors (Lipinski definition) is 6. The molecular weight excluding hydrogens is 526 g/mol. The Bertz CT molecular complexity index is 1010. The lowest BCUT2D eigenvalue weighted by atomic mass is 10.2. The lowest BCUT2D eigenvalue weighted by molar-refractivity contribution is -0.123. The molecule has 1 saturated heterocycles. The van der Waals surface area contributed by atoms with Crippen LogP contribution in [0.1, 0.15) is 11.1 Å². The molecule has 0 bridgehead atoms. The molecule has 1 heterocycles. The van der Waals surface area contributed by atoms with Crippen LogP contribution < -0.4 is 9.47 Å². The summed E-state index contributed by atoms with van der Waals surface area (Å²) in [6, 6.07) is 9.15. The Hall–Kier alpha value is -1.97. The van der Waals surface area contributed by atoms with E-state index >= 15 is 0 Å². The first kappa shape index (κ1) is 21.7. The zero-order chi connectivity index (χ0) is 21.1. The van der Waals surface area contributed by atoms with Gasteiger partial charge >= 0.3 is 0 Å². The Morgan fingerprint density at radius 2 is 1.97 bits per heavy atom. The molecule has 2 amide bonds. The van der Waals surface area contributed by atoms with E-state index in [2.05, 4.69) is 31.9 Å². The summed E-state index contributed by atoms with van der Waals surface area (Å²) in [6.45, 7) is 2.32. The average Bonchev–Trinajstić information content (AvgIpc) is 2.96. The zero-order valence-corrected chi connectivity index (χ0v) is 19.6. The molecule has 2 aromatic carbocycles. The summed E-state index contributed by atoms with van der Waals surface area (Å²) in [7, 11) is 1.43. The van der Waals surface area contributed by atoms with Gasteiger partial charge in [-0.05, 0) is 85.9 Å². The summed E-state index contributed by atoms with van der Waals surface area (Å²) in [5.41, 5.74) is 1.66. The van der Waals surface area contributed by atoms with Gasteiger partial charge < -0.3 is 14.6 Å². The van der Waals surface area contributed by atoms with E-state index < -0.39 is 0 Å². The highest BCUT2D eigenvalue weighted by Gasteiger charge is 2.35. The van der Waals surface area contributed by atoms with Crippen LogP contribution in [-0.4, -0.2) is 41.4 Å². The molecule has 1 aliphatic rings. The van der Waals surface area contributed by atoms with Gasteiger partial charge in [0, 0.05) is 4.47 Å². The molecule has 0 spiro atoms. The number of thioether (sulfide) groups is 1. The van der Waals surface area contributed by atoms with Crippen LogP contribution in [0.15, 0.2) is 44.2 Å². The molecular formula is C20H17Br2NO5S. The number of imide groups is 1. The highest BCUT2D eigenvalue weighted by Crippen LogP contribution is 2.43. The van der Waals surface area contributed by atoms with Crippen molar-refractivity contribution in [2.24, 2.45) is 0 Å². The molecule has 0 aliphatic carbocycles. The molecule has 0 aromatic heterocycles. The zero-order valence-electron chi connectivity index (χ0n) is 15.6. The predicted octanol–water partition coefficient (Wildman–Crippen LogP) is 5.35. The molecule has 0 atom stereocenters. The monoisotopic (exact) mass is 541 g/mol. The molecule has 6 nitrogen and oxygen atoms in total. The minimum absolute atomic E-state index is 0.0575. The number of amides is 2. The summed E-state index contributed by atoms with van der Waals surface area (Å²) in [5.74, 6) is 0.496. The highest BCUT2D eigenvalue weighted by molar-refractivity contribution is 9.13. The van der Waals surface area contributed by atoms with Gasteiger partial charge in [0.05, 0.1) is 23.0 Å². The van der Waals surface area contributed by atoms with Gasteiger partial charge in [-0.1, -0.05) is 12.1 Å². The Balaban J connectivity index is 1.74. The molecule has 3 rings (SSSR count). The quantitative estimate of drug-likeness (QED) is 0.496. The maximum atomic E-state index is 12.7. The number of methoxy groups -OCH3 is 1. The van der Waals surface area contributed by atoms with Gasteiger partial charge in [0.15, 0.2) is 11.5 Å². The topological polar surface area (TPSA) is 76.1 Å². The number of carbonyl (C=O) groups excluding carboxylic acids is 2. The van der Waals surface area contributed by atoms with Gasteiger partial charge in [0.1, 0.15) is 12.4 Å². The summed E-state index contributed by atoms with van der Waals surface area (Å²) < 4.78 is 11.7. The number of benzene rings is 2. The minimum Gasteiger partial charge on any atom is -0.503 e.